The van der Waals surface area contributed by atoms with Gasteiger partial charge in [-0.25, -0.2) is 9.97 Å². The number of benzene rings is 2. The van der Waals surface area contributed by atoms with Crippen LogP contribution >= 0.6 is 0 Å². The maximum atomic E-state index is 13.8. The minimum atomic E-state index is -0.406. The number of azo groups is 2. The Morgan fingerprint density at radius 1 is 0.629 bits per heavy atom. The fourth-order valence-corrected chi connectivity index (χ4v) is 7.90. The van der Waals surface area contributed by atoms with Gasteiger partial charge in [0.25, 0.3) is 11.8 Å². The van der Waals surface area contributed by atoms with Gasteiger partial charge in [-0.1, -0.05) is 105 Å². The molecule has 12 heteroatoms. The molecule has 330 valence electrons. The molecule has 12 nitrogen and oxygen atoms in total. The van der Waals surface area contributed by atoms with E-state index in [0.717, 1.165) is 48.0 Å². The van der Waals surface area contributed by atoms with Gasteiger partial charge >= 0.3 is 0 Å². The third kappa shape index (κ3) is 10.3. The van der Waals surface area contributed by atoms with Gasteiger partial charge in [-0.15, -0.1) is 20.5 Å². The molecule has 2 aliphatic carbocycles. The van der Waals surface area contributed by atoms with Crippen molar-refractivity contribution in [2.75, 3.05) is 26.2 Å². The van der Waals surface area contributed by atoms with Crippen molar-refractivity contribution in [1.82, 2.24) is 19.8 Å². The number of hydrogen-bond donors (Lipinski definition) is 2. The number of aromatic nitrogens is 2. The zero-order valence-corrected chi connectivity index (χ0v) is 39.1. The Morgan fingerprint density at radius 2 is 1.02 bits per heavy atom. The van der Waals surface area contributed by atoms with Gasteiger partial charge in [0.2, 0.25) is 0 Å². The summed E-state index contributed by atoms with van der Waals surface area (Å²) in [5, 5.41) is 19.2. The fraction of sp³-hybridized carbons (Fsp3) is 0.480. The summed E-state index contributed by atoms with van der Waals surface area (Å²) in [5.74, 6) is -0.933. The van der Waals surface area contributed by atoms with Crippen molar-refractivity contribution < 1.29 is 9.59 Å². The predicted octanol–water partition coefficient (Wildman–Crippen LogP) is 11.7. The van der Waals surface area contributed by atoms with Gasteiger partial charge < -0.3 is 21.3 Å². The Kier molecular flexibility index (Phi) is 15.2. The number of amides is 2. The molecule has 2 amide bonds. The van der Waals surface area contributed by atoms with Gasteiger partial charge in [-0.05, 0) is 91.8 Å². The van der Waals surface area contributed by atoms with Gasteiger partial charge in [-0.3, -0.25) is 9.59 Å². The van der Waals surface area contributed by atoms with Gasteiger partial charge in [0.05, 0.1) is 34.4 Å². The van der Waals surface area contributed by atoms with Crippen molar-refractivity contribution >= 4 is 23.2 Å². The number of nitrogens with zero attached hydrogens (tertiary/aromatic N) is 8. The molecule has 2 aliphatic rings. The summed E-state index contributed by atoms with van der Waals surface area (Å²) in [7, 11) is 0. The molecule has 2 unspecified atom stereocenters. The van der Waals surface area contributed by atoms with Gasteiger partial charge in [0, 0.05) is 37.6 Å². The van der Waals surface area contributed by atoms with Crippen LogP contribution in [0.2, 0.25) is 0 Å². The van der Waals surface area contributed by atoms with E-state index in [-0.39, 0.29) is 22.6 Å². The minimum absolute atomic E-state index is 0.0605. The molecule has 0 spiro atoms. The normalized spacial score (nSPS) is 17.1. The highest BCUT2D eigenvalue weighted by atomic mass is 16.2. The van der Waals surface area contributed by atoms with Gasteiger partial charge in [0.1, 0.15) is 29.1 Å². The zero-order chi connectivity index (χ0) is 45.5. The van der Waals surface area contributed by atoms with E-state index < -0.39 is 11.8 Å². The fourth-order valence-electron chi connectivity index (χ4n) is 7.90. The second-order valence-electron chi connectivity index (χ2n) is 18.4. The molecule has 0 saturated heterocycles. The first kappa shape index (κ1) is 47.3. The lowest BCUT2D eigenvalue weighted by Crippen LogP contribution is -2.31. The van der Waals surface area contributed by atoms with E-state index in [1.54, 1.807) is 6.33 Å². The van der Waals surface area contributed by atoms with E-state index in [2.05, 4.69) is 67.5 Å². The monoisotopic (exact) mass is 841 g/mol. The molecule has 1 aromatic heterocycles. The number of allylic oxidation sites excluding steroid dienone is 4. The number of hydrogen-bond acceptors (Lipinski definition) is 10. The highest BCUT2D eigenvalue weighted by Crippen LogP contribution is 2.47. The van der Waals surface area contributed by atoms with Crippen LogP contribution in [-0.2, 0) is 0 Å². The number of carbonyl (C=O) groups excluding carboxylic acids is 2. The summed E-state index contributed by atoms with van der Waals surface area (Å²) in [4.78, 5) is 40.7. The van der Waals surface area contributed by atoms with Crippen molar-refractivity contribution in [3.05, 3.63) is 129 Å². The quantitative estimate of drug-likeness (QED) is 0.136. The van der Waals surface area contributed by atoms with Crippen molar-refractivity contribution in [2.45, 2.75) is 121 Å². The molecule has 0 saturated carbocycles. The zero-order valence-electron chi connectivity index (χ0n) is 39.1. The number of aryl methyl sites for hydroxylation is 2. The smallest absolute Gasteiger partial charge is 0.256 e. The first-order chi connectivity index (χ1) is 29.4. The molecule has 0 fully saturated rings. The Bertz CT molecular complexity index is 2180. The summed E-state index contributed by atoms with van der Waals surface area (Å²) in [6.45, 7) is 27.4. The van der Waals surface area contributed by atoms with Crippen LogP contribution in [0.4, 0.5) is 11.4 Å². The molecule has 0 radical (unpaired) electrons. The lowest BCUT2D eigenvalue weighted by atomic mass is 9.85. The lowest BCUT2D eigenvalue weighted by molar-refractivity contribution is 0.0755. The van der Waals surface area contributed by atoms with Crippen LogP contribution in [0.15, 0.2) is 115 Å². The molecular weight excluding hydrogens is 773 g/mol. The summed E-state index contributed by atoms with van der Waals surface area (Å²) < 4.78 is 0. The van der Waals surface area contributed by atoms with Crippen LogP contribution in [-0.4, -0.2) is 57.8 Å². The second kappa shape index (κ2) is 19.9. The van der Waals surface area contributed by atoms with E-state index in [4.69, 9.17) is 41.9 Å². The summed E-state index contributed by atoms with van der Waals surface area (Å²) in [6.07, 6.45) is 9.61. The third-order valence-corrected chi connectivity index (χ3v) is 11.7. The maximum Gasteiger partial charge on any atom is 0.256 e. The Balaban J connectivity index is 1.53. The summed E-state index contributed by atoms with van der Waals surface area (Å²) in [5.41, 5.74) is 22.6. The van der Waals surface area contributed by atoms with E-state index in [1.807, 2.05) is 80.0 Å². The van der Waals surface area contributed by atoms with Crippen molar-refractivity contribution in [3.8, 4) is 0 Å². The highest BCUT2D eigenvalue weighted by molar-refractivity contribution is 6.00. The Labute approximate surface area is 369 Å². The lowest BCUT2D eigenvalue weighted by Gasteiger charge is -2.22. The first-order valence-corrected chi connectivity index (χ1v) is 22.2. The first-order valence-electron chi connectivity index (χ1n) is 22.2. The SMILES string of the molecule is CCCCN(CC)C(=O)c1cccc(C)c1/N=N/C1=C(N)C(c2cc(C3C=C(C(C)(C)C)C(/N=N/c4c(C)cccc4C(=O)N(CC)CCCC)=C3N)ncn2)C=C1C(C)(C)C. The molecule has 2 atom stereocenters. The predicted molar refractivity (Wildman–Crippen MR) is 249 cm³/mol. The number of carbonyl (C=O) groups is 2. The number of unbranched alkanes of at least 4 members (excludes halogenated alkanes) is 2. The number of nitrogens with two attached hydrogens (primary N) is 2. The van der Waals surface area contributed by atoms with Crippen LogP contribution in [0.1, 0.15) is 150 Å². The second-order valence-corrected chi connectivity index (χ2v) is 18.4. The molecule has 4 N–H and O–H groups in total. The van der Waals surface area contributed by atoms with Crippen molar-refractivity contribution in [2.24, 2.45) is 42.8 Å². The minimum Gasteiger partial charge on any atom is -0.399 e. The Morgan fingerprint density at radius 3 is 1.35 bits per heavy atom. The molecule has 0 bridgehead atoms. The topological polar surface area (TPSA) is 168 Å². The maximum absolute atomic E-state index is 13.8. The number of rotatable bonds is 16. The molecule has 3 aromatic rings. The van der Waals surface area contributed by atoms with Crippen LogP contribution in [0.5, 0.6) is 0 Å². The standard InChI is InChI=1S/C50H68N10O2/c1-13-17-25-59(15-3)47(61)33-23-19-21-31(5)43(33)55-57-45-37(49(7,8)9)27-35(41(45)51)39-29-40(54-30-53-39)36-28-38(50(10,11)12)46(42(36)52)58-56-44-32(6)22-20-24-34(44)48(62)60(16-4)26-18-14-2/h19-24,27-30,35-36H,13-18,25-26,51-52H2,1-12H3/b57-55+,58-56+. The van der Waals surface area contributed by atoms with Crippen LogP contribution in [0.25, 0.3) is 0 Å². The molecule has 1 heterocycles. The molecular formula is C50H68N10O2. The molecule has 2 aromatic carbocycles. The highest BCUT2D eigenvalue weighted by Gasteiger charge is 2.36. The van der Waals surface area contributed by atoms with Gasteiger partial charge in [0.15, 0.2) is 0 Å². The van der Waals surface area contributed by atoms with E-state index in [9.17, 15) is 9.59 Å². The largest absolute Gasteiger partial charge is 0.399 e. The molecule has 5 rings (SSSR count). The van der Waals surface area contributed by atoms with Gasteiger partial charge in [-0.2, -0.15) is 0 Å². The summed E-state index contributed by atoms with van der Waals surface area (Å²) in [6, 6.07) is 13.2. The average molecular weight is 841 g/mol. The summed E-state index contributed by atoms with van der Waals surface area (Å²) >= 11 is 0. The average Bonchev–Trinajstić information content (AvgIpc) is 3.76. The molecule has 0 aliphatic heterocycles. The van der Waals surface area contributed by atoms with E-state index >= 15 is 0 Å². The third-order valence-electron chi connectivity index (χ3n) is 11.7. The van der Waals surface area contributed by atoms with Crippen LogP contribution < -0.4 is 11.5 Å². The van der Waals surface area contributed by atoms with E-state index in [1.165, 1.54) is 0 Å². The molecule has 62 heavy (non-hydrogen) atoms. The Hall–Kier alpha value is -5.78. The van der Waals surface area contributed by atoms with Crippen molar-refractivity contribution in [3.63, 3.8) is 0 Å². The van der Waals surface area contributed by atoms with E-state index in [0.29, 0.717) is 82.9 Å². The van der Waals surface area contributed by atoms with Crippen LogP contribution in [0, 0.1) is 24.7 Å². The van der Waals surface area contributed by atoms with Crippen molar-refractivity contribution in [1.29, 1.82) is 0 Å². The van der Waals surface area contributed by atoms with Crippen LogP contribution in [0.3, 0.4) is 0 Å².